The average molecular weight is 237 g/mol. The molecule has 2 aromatic rings. The molecule has 2 aromatic heterocycles. The molecule has 2 rings (SSSR count). The SMILES string of the molecule is Cc1nc(NN)cc(Sc2n[nH]c(C)n2)n1. The number of nitrogens with zero attached hydrogens (tertiary/aromatic N) is 4. The molecular formula is C8H11N7S. The third-order valence-corrected chi connectivity index (χ3v) is 2.52. The van der Waals surface area contributed by atoms with Gasteiger partial charge in [-0.15, -0.1) is 5.10 Å². The first-order valence-corrected chi connectivity index (χ1v) is 5.38. The Balaban J connectivity index is 2.24. The minimum Gasteiger partial charge on any atom is -0.308 e. The van der Waals surface area contributed by atoms with Crippen LogP contribution in [0.25, 0.3) is 0 Å². The maximum Gasteiger partial charge on any atom is 0.214 e. The number of aryl methyl sites for hydroxylation is 2. The van der Waals surface area contributed by atoms with Crippen LogP contribution in [0.15, 0.2) is 16.2 Å². The molecule has 2 heterocycles. The first-order valence-electron chi connectivity index (χ1n) is 4.56. The average Bonchev–Trinajstić information content (AvgIpc) is 2.63. The second-order valence-corrected chi connectivity index (χ2v) is 4.08. The van der Waals surface area contributed by atoms with E-state index in [9.17, 15) is 0 Å². The second kappa shape index (κ2) is 4.45. The maximum absolute atomic E-state index is 5.30. The molecule has 0 saturated heterocycles. The van der Waals surface area contributed by atoms with Crippen molar-refractivity contribution in [3.8, 4) is 0 Å². The van der Waals surface area contributed by atoms with Crippen LogP contribution < -0.4 is 11.3 Å². The van der Waals surface area contributed by atoms with Crippen LogP contribution in [0, 0.1) is 13.8 Å². The molecule has 0 spiro atoms. The van der Waals surface area contributed by atoms with Crippen molar-refractivity contribution in [3.05, 3.63) is 17.7 Å². The summed E-state index contributed by atoms with van der Waals surface area (Å²) in [6.45, 7) is 3.64. The highest BCUT2D eigenvalue weighted by Gasteiger charge is 2.06. The number of nitrogen functional groups attached to an aromatic ring is 1. The summed E-state index contributed by atoms with van der Waals surface area (Å²) in [7, 11) is 0. The van der Waals surface area contributed by atoms with E-state index < -0.39 is 0 Å². The topological polar surface area (TPSA) is 105 Å². The predicted molar refractivity (Wildman–Crippen MR) is 59.8 cm³/mol. The van der Waals surface area contributed by atoms with Crippen molar-refractivity contribution >= 4 is 17.6 Å². The van der Waals surface area contributed by atoms with Gasteiger partial charge in [-0.25, -0.2) is 20.8 Å². The summed E-state index contributed by atoms with van der Waals surface area (Å²) in [6.07, 6.45) is 0. The lowest BCUT2D eigenvalue weighted by atomic mass is 10.5. The van der Waals surface area contributed by atoms with Gasteiger partial charge in [-0.3, -0.25) is 5.10 Å². The second-order valence-electron chi connectivity index (χ2n) is 3.09. The molecule has 0 aliphatic carbocycles. The highest BCUT2D eigenvalue weighted by atomic mass is 32.2. The molecule has 8 heteroatoms. The number of aromatic amines is 1. The summed E-state index contributed by atoms with van der Waals surface area (Å²) in [4.78, 5) is 12.5. The van der Waals surface area contributed by atoms with Gasteiger partial charge in [0.1, 0.15) is 22.5 Å². The van der Waals surface area contributed by atoms with Gasteiger partial charge in [-0.05, 0) is 25.6 Å². The number of H-pyrrole nitrogens is 1. The Labute approximate surface area is 96.3 Å². The lowest BCUT2D eigenvalue weighted by Crippen LogP contribution is -2.09. The Morgan fingerprint density at radius 1 is 1.31 bits per heavy atom. The summed E-state index contributed by atoms with van der Waals surface area (Å²) in [6, 6.07) is 1.74. The third-order valence-electron chi connectivity index (χ3n) is 1.73. The molecule has 84 valence electrons. The van der Waals surface area contributed by atoms with E-state index in [1.54, 1.807) is 13.0 Å². The molecule has 0 aliphatic rings. The Morgan fingerprint density at radius 2 is 2.12 bits per heavy atom. The zero-order chi connectivity index (χ0) is 11.5. The molecule has 0 atom stereocenters. The molecule has 0 amide bonds. The number of hydrazine groups is 1. The van der Waals surface area contributed by atoms with Crippen molar-refractivity contribution in [2.45, 2.75) is 24.0 Å². The molecule has 0 aliphatic heterocycles. The highest BCUT2D eigenvalue weighted by molar-refractivity contribution is 7.99. The Bertz CT molecular complexity index is 495. The zero-order valence-electron chi connectivity index (χ0n) is 8.85. The minimum absolute atomic E-state index is 0.572. The lowest BCUT2D eigenvalue weighted by molar-refractivity contribution is 0.940. The van der Waals surface area contributed by atoms with E-state index >= 15 is 0 Å². The summed E-state index contributed by atoms with van der Waals surface area (Å²) >= 11 is 1.35. The first-order chi connectivity index (χ1) is 7.67. The van der Waals surface area contributed by atoms with Crippen molar-refractivity contribution in [1.82, 2.24) is 25.1 Å². The summed E-state index contributed by atoms with van der Waals surface area (Å²) in [5, 5.41) is 8.15. The lowest BCUT2D eigenvalue weighted by Gasteiger charge is -2.02. The van der Waals surface area contributed by atoms with Gasteiger partial charge in [0.25, 0.3) is 0 Å². The molecule has 0 saturated carbocycles. The van der Waals surface area contributed by atoms with Crippen molar-refractivity contribution in [2.75, 3.05) is 5.43 Å². The molecule has 0 bridgehead atoms. The van der Waals surface area contributed by atoms with Gasteiger partial charge in [0.05, 0.1) is 0 Å². The van der Waals surface area contributed by atoms with Gasteiger partial charge in [0, 0.05) is 6.07 Å². The standard InChI is InChI=1S/C8H11N7S/c1-4-10-6(13-9)3-7(11-4)16-8-12-5(2)14-15-8/h3H,9H2,1-2H3,(H,10,11,13)(H,12,14,15). The number of rotatable bonds is 3. The number of hydrogen-bond acceptors (Lipinski definition) is 7. The monoisotopic (exact) mass is 237 g/mol. The molecule has 16 heavy (non-hydrogen) atoms. The van der Waals surface area contributed by atoms with Gasteiger partial charge in [0.2, 0.25) is 5.16 Å². The van der Waals surface area contributed by atoms with Crippen molar-refractivity contribution < 1.29 is 0 Å². The van der Waals surface area contributed by atoms with E-state index in [4.69, 9.17) is 5.84 Å². The fraction of sp³-hybridized carbons (Fsp3) is 0.250. The largest absolute Gasteiger partial charge is 0.308 e. The smallest absolute Gasteiger partial charge is 0.214 e. The van der Waals surface area contributed by atoms with Crippen LogP contribution in [0.1, 0.15) is 11.6 Å². The summed E-state index contributed by atoms with van der Waals surface area (Å²) < 4.78 is 0. The Kier molecular flexibility index (Phi) is 3.02. The Morgan fingerprint density at radius 3 is 2.75 bits per heavy atom. The Hall–Kier alpha value is -1.67. The van der Waals surface area contributed by atoms with Gasteiger partial charge < -0.3 is 5.43 Å². The van der Waals surface area contributed by atoms with Crippen LogP contribution in [-0.2, 0) is 0 Å². The zero-order valence-corrected chi connectivity index (χ0v) is 9.67. The van der Waals surface area contributed by atoms with E-state index in [2.05, 4.69) is 30.6 Å². The molecule has 4 N–H and O–H groups in total. The highest BCUT2D eigenvalue weighted by Crippen LogP contribution is 2.23. The quantitative estimate of drug-likeness (QED) is 0.409. The van der Waals surface area contributed by atoms with Crippen LogP contribution in [-0.4, -0.2) is 25.1 Å². The van der Waals surface area contributed by atoms with Crippen LogP contribution in [0.2, 0.25) is 0 Å². The van der Waals surface area contributed by atoms with E-state index in [1.165, 1.54) is 11.8 Å². The van der Waals surface area contributed by atoms with Crippen molar-refractivity contribution in [1.29, 1.82) is 0 Å². The van der Waals surface area contributed by atoms with Crippen LogP contribution in [0.5, 0.6) is 0 Å². The van der Waals surface area contributed by atoms with E-state index in [1.807, 2.05) is 6.92 Å². The minimum atomic E-state index is 0.572. The summed E-state index contributed by atoms with van der Waals surface area (Å²) in [5.74, 6) is 7.28. The van der Waals surface area contributed by atoms with Crippen molar-refractivity contribution in [2.24, 2.45) is 5.84 Å². The third kappa shape index (κ3) is 2.47. The van der Waals surface area contributed by atoms with E-state index in [0.29, 0.717) is 16.8 Å². The maximum atomic E-state index is 5.30. The van der Waals surface area contributed by atoms with Crippen LogP contribution in [0.3, 0.4) is 0 Å². The van der Waals surface area contributed by atoms with Crippen LogP contribution in [0.4, 0.5) is 5.82 Å². The number of anilines is 1. The van der Waals surface area contributed by atoms with Gasteiger partial charge >= 0.3 is 0 Å². The number of aromatic nitrogens is 5. The molecule has 0 radical (unpaired) electrons. The normalized spacial score (nSPS) is 10.4. The molecule has 7 nitrogen and oxygen atoms in total. The molecule has 0 aromatic carbocycles. The number of nitrogens with two attached hydrogens (primary N) is 1. The van der Waals surface area contributed by atoms with Gasteiger partial charge in [-0.2, -0.15) is 0 Å². The van der Waals surface area contributed by atoms with E-state index in [0.717, 1.165) is 10.9 Å². The molecule has 0 unspecified atom stereocenters. The molecular weight excluding hydrogens is 226 g/mol. The number of hydrogen-bond donors (Lipinski definition) is 3. The van der Waals surface area contributed by atoms with Gasteiger partial charge in [-0.1, -0.05) is 0 Å². The fourth-order valence-corrected chi connectivity index (χ4v) is 1.94. The first kappa shape index (κ1) is 10.8. The fourth-order valence-electron chi connectivity index (χ4n) is 1.13. The number of nitrogens with one attached hydrogen (secondary N) is 2. The predicted octanol–water partition coefficient (Wildman–Crippen LogP) is 0.648. The van der Waals surface area contributed by atoms with Crippen molar-refractivity contribution in [3.63, 3.8) is 0 Å². The van der Waals surface area contributed by atoms with Crippen LogP contribution >= 0.6 is 11.8 Å². The van der Waals surface area contributed by atoms with E-state index in [-0.39, 0.29) is 0 Å². The summed E-state index contributed by atoms with van der Waals surface area (Å²) in [5.41, 5.74) is 2.49. The van der Waals surface area contributed by atoms with Gasteiger partial charge in [0.15, 0.2) is 0 Å². The molecule has 0 fully saturated rings.